The van der Waals surface area contributed by atoms with Gasteiger partial charge in [-0.3, -0.25) is 4.90 Å². The molecule has 2 bridgehead atoms. The smallest absolute Gasteiger partial charge is 0.0466 e. The second-order valence-corrected chi connectivity index (χ2v) is 5.77. The van der Waals surface area contributed by atoms with Crippen molar-refractivity contribution in [3.05, 3.63) is 0 Å². The monoisotopic (exact) mass is 210 g/mol. The first kappa shape index (κ1) is 10.1. The molecule has 2 heterocycles. The van der Waals surface area contributed by atoms with Crippen LogP contribution in [0.25, 0.3) is 0 Å². The molecule has 1 saturated carbocycles. The van der Waals surface area contributed by atoms with Crippen LogP contribution in [0.4, 0.5) is 0 Å². The molecule has 3 nitrogen and oxygen atoms in total. The van der Waals surface area contributed by atoms with E-state index in [9.17, 15) is 5.11 Å². The maximum atomic E-state index is 9.49. The van der Waals surface area contributed by atoms with E-state index in [1.165, 1.54) is 39.0 Å². The van der Waals surface area contributed by atoms with Crippen LogP contribution in [0.2, 0.25) is 0 Å². The van der Waals surface area contributed by atoms with Gasteiger partial charge in [0.15, 0.2) is 0 Å². The first-order chi connectivity index (χ1) is 7.28. The number of fused-ring (bicyclic) bond motifs is 2. The molecule has 2 aliphatic heterocycles. The minimum absolute atomic E-state index is 0.404. The summed E-state index contributed by atoms with van der Waals surface area (Å²) in [6.45, 7) is 5.24. The Bertz CT molecular complexity index is 226. The zero-order chi connectivity index (χ0) is 10.4. The molecule has 3 rings (SSSR count). The van der Waals surface area contributed by atoms with Gasteiger partial charge in [-0.05, 0) is 37.6 Å². The van der Waals surface area contributed by atoms with Gasteiger partial charge in [0.05, 0.1) is 0 Å². The van der Waals surface area contributed by atoms with Gasteiger partial charge in [0.2, 0.25) is 0 Å². The van der Waals surface area contributed by atoms with Crippen molar-refractivity contribution < 1.29 is 5.11 Å². The summed E-state index contributed by atoms with van der Waals surface area (Å²) in [4.78, 5) is 5.14. The molecule has 0 amide bonds. The molecule has 0 aromatic carbocycles. The summed E-state index contributed by atoms with van der Waals surface area (Å²) in [5.41, 5.74) is 0. The molecule has 2 unspecified atom stereocenters. The molecule has 15 heavy (non-hydrogen) atoms. The maximum Gasteiger partial charge on any atom is 0.0466 e. The Balaban J connectivity index is 1.72. The SMILES string of the molecule is CN1CC2CN(C3CC3)CC(C1)C2CO. The minimum atomic E-state index is 0.404. The van der Waals surface area contributed by atoms with Crippen LogP contribution in [0.3, 0.4) is 0 Å². The predicted octanol–water partition coefficient (Wildman–Crippen LogP) is 0.251. The molecular weight excluding hydrogens is 188 g/mol. The van der Waals surface area contributed by atoms with Gasteiger partial charge in [-0.2, -0.15) is 0 Å². The highest BCUT2D eigenvalue weighted by molar-refractivity contribution is 4.97. The molecule has 3 heteroatoms. The molecule has 2 atom stereocenters. The molecule has 0 spiro atoms. The van der Waals surface area contributed by atoms with Gasteiger partial charge < -0.3 is 10.0 Å². The quantitative estimate of drug-likeness (QED) is 0.708. The summed E-state index contributed by atoms with van der Waals surface area (Å²) in [5.74, 6) is 2.01. The normalized spacial score (nSPS) is 43.2. The van der Waals surface area contributed by atoms with Crippen LogP contribution in [0.1, 0.15) is 12.8 Å². The molecule has 86 valence electrons. The summed E-state index contributed by atoms with van der Waals surface area (Å²) < 4.78 is 0. The number of aliphatic hydroxyl groups excluding tert-OH is 1. The van der Waals surface area contributed by atoms with E-state index in [2.05, 4.69) is 16.8 Å². The Kier molecular flexibility index (Phi) is 2.49. The minimum Gasteiger partial charge on any atom is -0.396 e. The van der Waals surface area contributed by atoms with Crippen LogP contribution in [0.15, 0.2) is 0 Å². The van der Waals surface area contributed by atoms with Crippen molar-refractivity contribution in [2.24, 2.45) is 17.8 Å². The fourth-order valence-electron chi connectivity index (χ4n) is 3.63. The number of aliphatic hydroxyl groups is 1. The van der Waals surface area contributed by atoms with Crippen molar-refractivity contribution in [2.75, 3.05) is 39.8 Å². The van der Waals surface area contributed by atoms with Gasteiger partial charge in [0.1, 0.15) is 0 Å². The number of likely N-dealkylation sites (tertiary alicyclic amines) is 2. The van der Waals surface area contributed by atoms with E-state index in [-0.39, 0.29) is 0 Å². The first-order valence-corrected chi connectivity index (χ1v) is 6.31. The number of nitrogens with zero attached hydrogens (tertiary/aromatic N) is 2. The van der Waals surface area contributed by atoms with E-state index in [4.69, 9.17) is 0 Å². The van der Waals surface area contributed by atoms with Crippen LogP contribution in [0, 0.1) is 17.8 Å². The van der Waals surface area contributed by atoms with Gasteiger partial charge in [0.25, 0.3) is 0 Å². The second-order valence-electron chi connectivity index (χ2n) is 5.77. The fraction of sp³-hybridized carbons (Fsp3) is 1.00. The first-order valence-electron chi connectivity index (χ1n) is 6.31. The third-order valence-corrected chi connectivity index (χ3v) is 4.52. The summed E-state index contributed by atoms with van der Waals surface area (Å²) in [6.07, 6.45) is 2.83. The standard InChI is InChI=1S/C12H22N2O/c1-13-4-9-6-14(11-2-3-11)7-10(5-13)12(9)8-15/h9-12,15H,2-8H2,1H3. The van der Waals surface area contributed by atoms with E-state index >= 15 is 0 Å². The Morgan fingerprint density at radius 3 is 2.13 bits per heavy atom. The number of hydrogen-bond donors (Lipinski definition) is 1. The second kappa shape index (κ2) is 3.72. The third kappa shape index (κ3) is 1.81. The van der Waals surface area contributed by atoms with Gasteiger partial charge in [-0.25, -0.2) is 0 Å². The molecule has 3 aliphatic rings. The largest absolute Gasteiger partial charge is 0.396 e. The molecule has 0 aromatic heterocycles. The summed E-state index contributed by atoms with van der Waals surface area (Å²) in [7, 11) is 2.22. The van der Waals surface area contributed by atoms with E-state index in [0.29, 0.717) is 24.4 Å². The maximum absolute atomic E-state index is 9.49. The molecule has 1 N–H and O–H groups in total. The van der Waals surface area contributed by atoms with Crippen molar-refractivity contribution in [3.63, 3.8) is 0 Å². The van der Waals surface area contributed by atoms with Crippen molar-refractivity contribution >= 4 is 0 Å². The Morgan fingerprint density at radius 1 is 1.07 bits per heavy atom. The highest BCUT2D eigenvalue weighted by Gasteiger charge is 2.44. The van der Waals surface area contributed by atoms with E-state index < -0.39 is 0 Å². The molecule has 0 radical (unpaired) electrons. The lowest BCUT2D eigenvalue weighted by atomic mass is 9.74. The number of rotatable bonds is 2. The average molecular weight is 210 g/mol. The van der Waals surface area contributed by atoms with Crippen molar-refractivity contribution in [1.82, 2.24) is 9.80 Å². The van der Waals surface area contributed by atoms with Crippen LogP contribution in [0.5, 0.6) is 0 Å². The van der Waals surface area contributed by atoms with Gasteiger partial charge in [0, 0.05) is 38.8 Å². The lowest BCUT2D eigenvalue weighted by Crippen LogP contribution is -2.58. The van der Waals surface area contributed by atoms with Crippen LogP contribution in [-0.2, 0) is 0 Å². The highest BCUT2D eigenvalue weighted by Crippen LogP contribution is 2.38. The molecule has 0 aromatic rings. The zero-order valence-electron chi connectivity index (χ0n) is 9.60. The average Bonchev–Trinajstić information content (AvgIpc) is 2.98. The topological polar surface area (TPSA) is 26.7 Å². The Morgan fingerprint density at radius 2 is 1.67 bits per heavy atom. The summed E-state index contributed by atoms with van der Waals surface area (Å²) in [5, 5.41) is 9.49. The molecule has 1 aliphatic carbocycles. The van der Waals surface area contributed by atoms with Gasteiger partial charge in [-0.15, -0.1) is 0 Å². The lowest BCUT2D eigenvalue weighted by Gasteiger charge is -2.50. The Hall–Kier alpha value is -0.120. The zero-order valence-corrected chi connectivity index (χ0v) is 9.60. The number of hydrogen-bond acceptors (Lipinski definition) is 3. The van der Waals surface area contributed by atoms with Crippen LogP contribution >= 0.6 is 0 Å². The number of piperidine rings is 2. The molecular formula is C12H22N2O. The van der Waals surface area contributed by atoms with Crippen LogP contribution < -0.4 is 0 Å². The van der Waals surface area contributed by atoms with E-state index in [1.54, 1.807) is 0 Å². The van der Waals surface area contributed by atoms with E-state index in [0.717, 1.165) is 6.04 Å². The summed E-state index contributed by atoms with van der Waals surface area (Å²) >= 11 is 0. The van der Waals surface area contributed by atoms with Crippen molar-refractivity contribution in [1.29, 1.82) is 0 Å². The van der Waals surface area contributed by atoms with Gasteiger partial charge in [-0.1, -0.05) is 0 Å². The van der Waals surface area contributed by atoms with E-state index in [1.807, 2.05) is 0 Å². The fourth-order valence-corrected chi connectivity index (χ4v) is 3.63. The third-order valence-electron chi connectivity index (χ3n) is 4.52. The van der Waals surface area contributed by atoms with Crippen molar-refractivity contribution in [3.8, 4) is 0 Å². The highest BCUT2D eigenvalue weighted by atomic mass is 16.3. The van der Waals surface area contributed by atoms with Gasteiger partial charge >= 0.3 is 0 Å². The Labute approximate surface area is 92.1 Å². The lowest BCUT2D eigenvalue weighted by molar-refractivity contribution is -0.0380. The van der Waals surface area contributed by atoms with Crippen molar-refractivity contribution in [2.45, 2.75) is 18.9 Å². The molecule has 3 fully saturated rings. The summed E-state index contributed by atoms with van der Waals surface area (Å²) in [6, 6.07) is 0.901. The van der Waals surface area contributed by atoms with Crippen LogP contribution in [-0.4, -0.2) is 60.8 Å². The predicted molar refractivity (Wildman–Crippen MR) is 59.6 cm³/mol. The molecule has 2 saturated heterocycles.